The number of carbonyl (C=O) groups is 2. The third-order valence-corrected chi connectivity index (χ3v) is 5.01. The summed E-state index contributed by atoms with van der Waals surface area (Å²) in [5, 5.41) is 8.32. The molecule has 3 N–H and O–H groups in total. The van der Waals surface area contributed by atoms with Crippen LogP contribution in [0.4, 0.5) is 10.5 Å². The van der Waals surface area contributed by atoms with Crippen LogP contribution < -0.4 is 20.7 Å². The van der Waals surface area contributed by atoms with Crippen molar-refractivity contribution in [3.8, 4) is 11.5 Å². The van der Waals surface area contributed by atoms with Gasteiger partial charge in [0.2, 0.25) is 0 Å². The van der Waals surface area contributed by atoms with Crippen LogP contribution in [-0.2, 0) is 6.54 Å². The van der Waals surface area contributed by atoms with Crippen molar-refractivity contribution in [1.82, 2.24) is 10.6 Å². The number of anilines is 1. The maximum absolute atomic E-state index is 12.2. The summed E-state index contributed by atoms with van der Waals surface area (Å²) in [7, 11) is 1.59. The zero-order chi connectivity index (χ0) is 22.4. The second-order valence-electron chi connectivity index (χ2n) is 7.42. The van der Waals surface area contributed by atoms with Crippen LogP contribution in [0.2, 0.25) is 0 Å². The molecular weight excluding hydrogens is 390 g/mol. The monoisotopic (exact) mass is 417 g/mol. The number of benzene rings is 3. The predicted octanol–water partition coefficient (Wildman–Crippen LogP) is 5.09. The van der Waals surface area contributed by atoms with E-state index in [-0.39, 0.29) is 11.9 Å². The minimum Gasteiger partial charge on any atom is -0.457 e. The fourth-order valence-corrected chi connectivity index (χ4v) is 3.08. The lowest BCUT2D eigenvalue weighted by atomic mass is 10.1. The highest BCUT2D eigenvalue weighted by Crippen LogP contribution is 2.26. The summed E-state index contributed by atoms with van der Waals surface area (Å²) in [6, 6.07) is 18.3. The molecule has 0 saturated heterocycles. The number of hydrogen-bond donors (Lipinski definition) is 3. The van der Waals surface area contributed by atoms with Crippen molar-refractivity contribution in [2.24, 2.45) is 0 Å². The van der Waals surface area contributed by atoms with Crippen LogP contribution in [0.1, 0.15) is 32.6 Å². The first-order valence-electron chi connectivity index (χ1n) is 10.1. The van der Waals surface area contributed by atoms with Gasteiger partial charge in [0.1, 0.15) is 11.5 Å². The van der Waals surface area contributed by atoms with Gasteiger partial charge in [-0.2, -0.15) is 0 Å². The Morgan fingerprint density at radius 3 is 2.39 bits per heavy atom. The summed E-state index contributed by atoms with van der Waals surface area (Å²) in [5.41, 5.74) is 5.50. The lowest BCUT2D eigenvalue weighted by molar-refractivity contribution is 0.0962. The molecule has 0 fully saturated rings. The fraction of sp³-hybridized carbons (Fsp3) is 0.200. The molecule has 3 aromatic carbocycles. The van der Waals surface area contributed by atoms with Gasteiger partial charge in [0.25, 0.3) is 5.91 Å². The Balaban J connectivity index is 1.59. The van der Waals surface area contributed by atoms with Crippen LogP contribution in [0.15, 0.2) is 60.7 Å². The Morgan fingerprint density at radius 1 is 0.871 bits per heavy atom. The molecule has 3 aromatic rings. The van der Waals surface area contributed by atoms with Gasteiger partial charge >= 0.3 is 6.03 Å². The quantitative estimate of drug-likeness (QED) is 0.523. The van der Waals surface area contributed by atoms with Crippen molar-refractivity contribution in [1.29, 1.82) is 0 Å². The van der Waals surface area contributed by atoms with Gasteiger partial charge in [0.05, 0.1) is 0 Å². The minimum absolute atomic E-state index is 0.164. The molecule has 0 aliphatic rings. The molecule has 0 aromatic heterocycles. The van der Waals surface area contributed by atoms with Crippen molar-refractivity contribution >= 4 is 17.6 Å². The standard InChI is InChI=1S/C25H27N3O3/c1-16-8-10-21(13-17(16)2)28-25(30)27-15-19-9-11-23(18(3)12-19)31-22-7-5-6-20(14-22)24(29)26-4/h5-14H,15H2,1-4H3,(H,26,29)(H2,27,28,30). The fourth-order valence-electron chi connectivity index (χ4n) is 3.08. The molecule has 0 radical (unpaired) electrons. The lowest BCUT2D eigenvalue weighted by Gasteiger charge is -2.12. The predicted molar refractivity (Wildman–Crippen MR) is 123 cm³/mol. The first-order valence-corrected chi connectivity index (χ1v) is 10.1. The molecule has 6 nitrogen and oxygen atoms in total. The third kappa shape index (κ3) is 5.85. The van der Waals surface area contributed by atoms with Crippen molar-refractivity contribution < 1.29 is 14.3 Å². The summed E-state index contributed by atoms with van der Waals surface area (Å²) < 4.78 is 5.95. The molecule has 3 rings (SSSR count). The number of carbonyl (C=O) groups excluding carboxylic acids is 2. The van der Waals surface area contributed by atoms with E-state index in [0.29, 0.717) is 23.6 Å². The molecule has 31 heavy (non-hydrogen) atoms. The lowest BCUT2D eigenvalue weighted by Crippen LogP contribution is -2.28. The van der Waals surface area contributed by atoms with E-state index in [4.69, 9.17) is 4.74 Å². The van der Waals surface area contributed by atoms with E-state index in [1.54, 1.807) is 31.3 Å². The highest BCUT2D eigenvalue weighted by molar-refractivity contribution is 5.94. The van der Waals surface area contributed by atoms with Crippen LogP contribution in [0.25, 0.3) is 0 Å². The zero-order valence-corrected chi connectivity index (χ0v) is 18.2. The van der Waals surface area contributed by atoms with Crippen molar-refractivity contribution in [2.45, 2.75) is 27.3 Å². The summed E-state index contributed by atoms with van der Waals surface area (Å²) in [6.07, 6.45) is 0. The minimum atomic E-state index is -0.257. The van der Waals surface area contributed by atoms with Crippen molar-refractivity contribution in [3.05, 3.63) is 88.5 Å². The summed E-state index contributed by atoms with van der Waals surface area (Å²) in [4.78, 5) is 24.0. The van der Waals surface area contributed by atoms with Gasteiger partial charge in [-0.05, 0) is 79.4 Å². The van der Waals surface area contributed by atoms with Crippen molar-refractivity contribution in [2.75, 3.05) is 12.4 Å². The second-order valence-corrected chi connectivity index (χ2v) is 7.42. The number of aryl methyl sites for hydroxylation is 3. The van der Waals surface area contributed by atoms with Crippen LogP contribution in [0.5, 0.6) is 11.5 Å². The molecule has 160 valence electrons. The van der Waals surface area contributed by atoms with E-state index in [2.05, 4.69) is 16.0 Å². The molecule has 0 spiro atoms. The molecular formula is C25H27N3O3. The normalized spacial score (nSPS) is 10.3. The molecule has 0 heterocycles. The Kier molecular flexibility index (Phi) is 6.92. The number of urea groups is 1. The number of amides is 3. The van der Waals surface area contributed by atoms with Gasteiger partial charge in [0, 0.05) is 24.8 Å². The van der Waals surface area contributed by atoms with E-state index in [1.807, 2.05) is 57.2 Å². The molecule has 0 atom stereocenters. The average molecular weight is 418 g/mol. The smallest absolute Gasteiger partial charge is 0.319 e. The van der Waals surface area contributed by atoms with Crippen LogP contribution >= 0.6 is 0 Å². The number of hydrogen-bond acceptors (Lipinski definition) is 3. The molecule has 3 amide bonds. The Bertz CT molecular complexity index is 1110. The largest absolute Gasteiger partial charge is 0.457 e. The van der Waals surface area contributed by atoms with E-state index in [0.717, 1.165) is 22.4 Å². The molecule has 0 aliphatic carbocycles. The van der Waals surface area contributed by atoms with Crippen LogP contribution in [0.3, 0.4) is 0 Å². The van der Waals surface area contributed by atoms with Crippen LogP contribution in [-0.4, -0.2) is 19.0 Å². The van der Waals surface area contributed by atoms with Gasteiger partial charge in [-0.1, -0.05) is 24.3 Å². The van der Waals surface area contributed by atoms with E-state index in [9.17, 15) is 9.59 Å². The highest BCUT2D eigenvalue weighted by atomic mass is 16.5. The summed E-state index contributed by atoms with van der Waals surface area (Å²) in [5.74, 6) is 1.11. The third-order valence-electron chi connectivity index (χ3n) is 5.01. The molecule has 0 aliphatic heterocycles. The van der Waals surface area contributed by atoms with E-state index >= 15 is 0 Å². The SMILES string of the molecule is CNC(=O)c1cccc(Oc2ccc(CNC(=O)Nc3ccc(C)c(C)c3)cc2C)c1. The van der Waals surface area contributed by atoms with Gasteiger partial charge < -0.3 is 20.7 Å². The maximum atomic E-state index is 12.2. The van der Waals surface area contributed by atoms with Gasteiger partial charge in [-0.25, -0.2) is 4.79 Å². The highest BCUT2D eigenvalue weighted by Gasteiger charge is 2.08. The Labute approximate surface area is 182 Å². The van der Waals surface area contributed by atoms with Gasteiger partial charge in [0.15, 0.2) is 0 Å². The number of rotatable bonds is 6. The topological polar surface area (TPSA) is 79.5 Å². The summed E-state index contributed by atoms with van der Waals surface area (Å²) in [6.45, 7) is 6.38. The average Bonchev–Trinajstić information content (AvgIpc) is 2.76. The molecule has 0 bridgehead atoms. The van der Waals surface area contributed by atoms with Crippen molar-refractivity contribution in [3.63, 3.8) is 0 Å². The zero-order valence-electron chi connectivity index (χ0n) is 18.2. The first-order chi connectivity index (χ1) is 14.9. The number of nitrogens with one attached hydrogen (secondary N) is 3. The van der Waals surface area contributed by atoms with Crippen LogP contribution in [0, 0.1) is 20.8 Å². The van der Waals surface area contributed by atoms with E-state index < -0.39 is 0 Å². The van der Waals surface area contributed by atoms with Gasteiger partial charge in [-0.15, -0.1) is 0 Å². The molecule has 0 unspecified atom stereocenters. The number of ether oxygens (including phenoxy) is 1. The first kappa shape index (κ1) is 21.9. The van der Waals surface area contributed by atoms with E-state index in [1.165, 1.54) is 5.56 Å². The Hall–Kier alpha value is -3.80. The molecule has 6 heteroatoms. The maximum Gasteiger partial charge on any atom is 0.319 e. The molecule has 0 saturated carbocycles. The van der Waals surface area contributed by atoms with Gasteiger partial charge in [-0.3, -0.25) is 4.79 Å². The second kappa shape index (κ2) is 9.80. The summed E-state index contributed by atoms with van der Waals surface area (Å²) >= 11 is 0. The Morgan fingerprint density at radius 2 is 1.68 bits per heavy atom.